The lowest BCUT2D eigenvalue weighted by Gasteiger charge is -2.32. The van der Waals surface area contributed by atoms with E-state index in [0.29, 0.717) is 42.1 Å². The molecule has 174 valence electrons. The fourth-order valence-corrected chi connectivity index (χ4v) is 6.45. The summed E-state index contributed by atoms with van der Waals surface area (Å²) in [6.07, 6.45) is 0.511. The molecular formula is C24H29N5O3S. The third kappa shape index (κ3) is 4.15. The fraction of sp³-hybridized carbons (Fsp3) is 0.458. The van der Waals surface area contributed by atoms with Crippen molar-refractivity contribution in [2.24, 2.45) is 0 Å². The first-order valence-corrected chi connectivity index (χ1v) is 13.2. The Labute approximate surface area is 194 Å². The minimum atomic E-state index is -3.09. The standard InChI is InChI=1S/C24H29N5O3S/c1-16-4-6-18(7-5-16)21-14-20(24(30)28-11-9-27(3)10-12-28)22-17(2)26-29(23(22)25-21)19-8-13-33(31,32)15-19/h4-7,14,19H,8-13,15H2,1-3H3/t19-/m0/s1. The van der Waals surface area contributed by atoms with Crippen LogP contribution in [0.1, 0.15) is 34.1 Å². The summed E-state index contributed by atoms with van der Waals surface area (Å²) in [7, 11) is -1.03. The van der Waals surface area contributed by atoms with Crippen molar-refractivity contribution < 1.29 is 13.2 Å². The predicted octanol–water partition coefficient (Wildman–Crippen LogP) is 2.46. The summed E-state index contributed by atoms with van der Waals surface area (Å²) in [4.78, 5) is 22.7. The van der Waals surface area contributed by atoms with E-state index < -0.39 is 9.84 Å². The quantitative estimate of drug-likeness (QED) is 0.588. The molecule has 3 aromatic rings. The van der Waals surface area contributed by atoms with Crippen LogP contribution in [0.5, 0.6) is 0 Å². The number of aromatic nitrogens is 3. The highest BCUT2D eigenvalue weighted by Crippen LogP contribution is 2.32. The molecule has 0 aliphatic carbocycles. The maximum Gasteiger partial charge on any atom is 0.254 e. The largest absolute Gasteiger partial charge is 0.336 e. The molecule has 1 amide bonds. The van der Waals surface area contributed by atoms with Gasteiger partial charge in [-0.1, -0.05) is 29.8 Å². The number of fused-ring (bicyclic) bond motifs is 1. The number of aryl methyl sites for hydroxylation is 2. The number of hydrogen-bond acceptors (Lipinski definition) is 6. The van der Waals surface area contributed by atoms with Crippen molar-refractivity contribution in [2.45, 2.75) is 26.3 Å². The van der Waals surface area contributed by atoms with Crippen molar-refractivity contribution in [3.63, 3.8) is 0 Å². The van der Waals surface area contributed by atoms with Gasteiger partial charge in [0.15, 0.2) is 15.5 Å². The van der Waals surface area contributed by atoms with Gasteiger partial charge in [-0.25, -0.2) is 18.1 Å². The molecule has 9 heteroatoms. The van der Waals surface area contributed by atoms with Gasteiger partial charge in [-0.2, -0.15) is 5.10 Å². The van der Waals surface area contributed by atoms with E-state index in [4.69, 9.17) is 10.1 Å². The van der Waals surface area contributed by atoms with Gasteiger partial charge < -0.3 is 9.80 Å². The van der Waals surface area contributed by atoms with Crippen molar-refractivity contribution in [1.29, 1.82) is 0 Å². The van der Waals surface area contributed by atoms with Crippen molar-refractivity contribution in [3.8, 4) is 11.3 Å². The zero-order chi connectivity index (χ0) is 23.3. The molecule has 0 radical (unpaired) electrons. The molecule has 2 aliphatic heterocycles. The van der Waals surface area contributed by atoms with Crippen LogP contribution in [-0.4, -0.2) is 83.6 Å². The average molecular weight is 468 g/mol. The number of pyridine rings is 1. The van der Waals surface area contributed by atoms with Gasteiger partial charge in [0, 0.05) is 31.7 Å². The Kier molecular flexibility index (Phi) is 5.49. The molecule has 8 nitrogen and oxygen atoms in total. The molecule has 2 aromatic heterocycles. The normalized spacial score (nSPS) is 21.1. The molecule has 0 bridgehead atoms. The minimum absolute atomic E-state index is 0.0226. The molecule has 0 unspecified atom stereocenters. The van der Waals surface area contributed by atoms with E-state index >= 15 is 0 Å². The highest BCUT2D eigenvalue weighted by atomic mass is 32.2. The summed E-state index contributed by atoms with van der Waals surface area (Å²) >= 11 is 0. The van der Waals surface area contributed by atoms with E-state index in [0.717, 1.165) is 29.6 Å². The predicted molar refractivity (Wildman–Crippen MR) is 128 cm³/mol. The van der Waals surface area contributed by atoms with E-state index in [-0.39, 0.29) is 23.5 Å². The van der Waals surface area contributed by atoms with E-state index in [1.807, 2.05) is 49.1 Å². The summed E-state index contributed by atoms with van der Waals surface area (Å²) in [6, 6.07) is 9.66. The number of hydrogen-bond donors (Lipinski definition) is 0. The van der Waals surface area contributed by atoms with Crippen LogP contribution < -0.4 is 0 Å². The Morgan fingerprint density at radius 2 is 1.76 bits per heavy atom. The van der Waals surface area contributed by atoms with Gasteiger partial charge in [0.2, 0.25) is 0 Å². The number of piperazine rings is 1. The lowest BCUT2D eigenvalue weighted by Crippen LogP contribution is -2.47. The summed E-state index contributed by atoms with van der Waals surface area (Å²) < 4.78 is 26.1. The SMILES string of the molecule is Cc1ccc(-c2cc(C(=O)N3CCN(C)CC3)c3c(C)nn([C@H]4CCS(=O)(=O)C4)c3n2)cc1. The van der Waals surface area contributed by atoms with Gasteiger partial charge in [0.05, 0.1) is 39.9 Å². The Morgan fingerprint density at radius 1 is 1.06 bits per heavy atom. The molecule has 2 aliphatic rings. The smallest absolute Gasteiger partial charge is 0.254 e. The first-order chi connectivity index (χ1) is 15.7. The van der Waals surface area contributed by atoms with Crippen molar-refractivity contribution in [2.75, 3.05) is 44.7 Å². The molecular weight excluding hydrogens is 438 g/mol. The first-order valence-electron chi connectivity index (χ1n) is 11.4. The molecule has 33 heavy (non-hydrogen) atoms. The molecule has 0 N–H and O–H groups in total. The lowest BCUT2D eigenvalue weighted by atomic mass is 10.0. The lowest BCUT2D eigenvalue weighted by molar-refractivity contribution is 0.0666. The second-order valence-electron chi connectivity index (χ2n) is 9.30. The van der Waals surface area contributed by atoms with Crippen LogP contribution in [0.15, 0.2) is 30.3 Å². The minimum Gasteiger partial charge on any atom is -0.336 e. The van der Waals surface area contributed by atoms with Gasteiger partial charge in [-0.05, 0) is 33.4 Å². The maximum absolute atomic E-state index is 13.7. The van der Waals surface area contributed by atoms with Crippen molar-refractivity contribution in [1.82, 2.24) is 24.6 Å². The summed E-state index contributed by atoms with van der Waals surface area (Å²) in [5, 5.41) is 5.42. The number of nitrogens with zero attached hydrogens (tertiary/aromatic N) is 5. The highest BCUT2D eigenvalue weighted by Gasteiger charge is 2.33. The van der Waals surface area contributed by atoms with Crippen LogP contribution in [0.25, 0.3) is 22.3 Å². The van der Waals surface area contributed by atoms with E-state index in [9.17, 15) is 13.2 Å². The topological polar surface area (TPSA) is 88.4 Å². The zero-order valence-corrected chi connectivity index (χ0v) is 20.1. The number of rotatable bonds is 3. The van der Waals surface area contributed by atoms with Crippen LogP contribution >= 0.6 is 0 Å². The molecule has 2 fully saturated rings. The Bertz CT molecular complexity index is 1320. The average Bonchev–Trinajstić information content (AvgIpc) is 3.32. The number of carbonyl (C=O) groups is 1. The van der Waals surface area contributed by atoms with Gasteiger partial charge in [-0.3, -0.25) is 4.79 Å². The van der Waals surface area contributed by atoms with Gasteiger partial charge in [-0.15, -0.1) is 0 Å². The number of likely N-dealkylation sites (N-methyl/N-ethyl adjacent to an activating group) is 1. The third-order valence-corrected chi connectivity index (χ3v) is 8.51. The van der Waals surface area contributed by atoms with Gasteiger partial charge >= 0.3 is 0 Å². The Hall–Kier alpha value is -2.78. The van der Waals surface area contributed by atoms with Crippen LogP contribution in [0, 0.1) is 13.8 Å². The summed E-state index contributed by atoms with van der Waals surface area (Å²) in [6.45, 7) is 6.92. The van der Waals surface area contributed by atoms with Crippen LogP contribution in [0.3, 0.4) is 0 Å². The van der Waals surface area contributed by atoms with Crippen LogP contribution in [-0.2, 0) is 9.84 Å². The second-order valence-corrected chi connectivity index (χ2v) is 11.5. The molecule has 1 aromatic carbocycles. The molecule has 4 heterocycles. The second kappa shape index (κ2) is 8.22. The number of benzene rings is 1. The zero-order valence-electron chi connectivity index (χ0n) is 19.3. The molecule has 1 atom stereocenters. The van der Waals surface area contributed by atoms with Crippen molar-refractivity contribution in [3.05, 3.63) is 47.2 Å². The molecule has 2 saturated heterocycles. The van der Waals surface area contributed by atoms with Gasteiger partial charge in [0.1, 0.15) is 0 Å². The van der Waals surface area contributed by atoms with E-state index in [1.54, 1.807) is 4.68 Å². The van der Waals surface area contributed by atoms with E-state index in [2.05, 4.69) is 11.9 Å². The van der Waals surface area contributed by atoms with Crippen LogP contribution in [0.4, 0.5) is 0 Å². The maximum atomic E-state index is 13.7. The van der Waals surface area contributed by atoms with Crippen LogP contribution in [0.2, 0.25) is 0 Å². The Morgan fingerprint density at radius 3 is 2.39 bits per heavy atom. The van der Waals surface area contributed by atoms with E-state index in [1.165, 1.54) is 0 Å². The third-order valence-electron chi connectivity index (χ3n) is 6.76. The number of carbonyl (C=O) groups excluding carboxylic acids is 1. The Balaban J connectivity index is 1.67. The summed E-state index contributed by atoms with van der Waals surface area (Å²) in [5.74, 6) is 0.190. The van der Waals surface area contributed by atoms with Gasteiger partial charge in [0.25, 0.3) is 5.91 Å². The monoisotopic (exact) mass is 467 g/mol. The summed E-state index contributed by atoms with van der Waals surface area (Å²) in [5.41, 5.74) is 4.64. The molecule has 0 spiro atoms. The number of sulfone groups is 1. The molecule has 0 saturated carbocycles. The highest BCUT2D eigenvalue weighted by molar-refractivity contribution is 7.91. The fourth-order valence-electron chi connectivity index (χ4n) is 4.76. The number of amides is 1. The first kappa shape index (κ1) is 22.0. The van der Waals surface area contributed by atoms with Crippen molar-refractivity contribution >= 4 is 26.8 Å². The molecule has 5 rings (SSSR count).